The molecule has 0 radical (unpaired) electrons. The Kier molecular flexibility index (Phi) is 4.97. The van der Waals surface area contributed by atoms with Crippen molar-refractivity contribution in [3.8, 4) is 0 Å². The fourth-order valence-corrected chi connectivity index (χ4v) is 3.49. The molecule has 1 aliphatic carbocycles. The predicted octanol–water partition coefficient (Wildman–Crippen LogP) is 2.11. The Morgan fingerprint density at radius 1 is 1.56 bits per heavy atom. The third-order valence-electron chi connectivity index (χ3n) is 3.27. The molecule has 0 spiro atoms. The number of carbonyl (C=O) groups excluding carboxylic acids is 1. The van der Waals surface area contributed by atoms with Crippen LogP contribution in [0.25, 0.3) is 0 Å². The molecular weight excluding hydrogens is 270 g/mol. The quantitative estimate of drug-likeness (QED) is 0.815. The van der Waals surface area contributed by atoms with Crippen LogP contribution in [0.4, 0.5) is 0 Å². The number of alkyl halides is 1. The fourth-order valence-electron chi connectivity index (χ4n) is 2.44. The summed E-state index contributed by atoms with van der Waals surface area (Å²) in [5, 5.41) is 2.98. The second-order valence-corrected chi connectivity index (χ2v) is 5.89. The van der Waals surface area contributed by atoms with Gasteiger partial charge in [0.2, 0.25) is 5.91 Å². The number of thiazole rings is 1. The summed E-state index contributed by atoms with van der Waals surface area (Å²) in [6.07, 6.45) is 4.79. The maximum atomic E-state index is 11.2. The van der Waals surface area contributed by atoms with Crippen molar-refractivity contribution in [1.82, 2.24) is 9.88 Å². The number of primary amides is 1. The number of aromatic nitrogens is 1. The lowest BCUT2D eigenvalue weighted by Gasteiger charge is -2.26. The van der Waals surface area contributed by atoms with E-state index in [1.54, 1.807) is 11.3 Å². The van der Waals surface area contributed by atoms with Gasteiger partial charge in [-0.15, -0.1) is 22.9 Å². The summed E-state index contributed by atoms with van der Waals surface area (Å²) in [5.41, 5.74) is 6.23. The van der Waals surface area contributed by atoms with Gasteiger partial charge in [-0.2, -0.15) is 0 Å². The molecule has 1 amide bonds. The van der Waals surface area contributed by atoms with Gasteiger partial charge in [0.15, 0.2) is 0 Å². The lowest BCUT2D eigenvalue weighted by atomic mass is 10.2. The van der Waals surface area contributed by atoms with Crippen molar-refractivity contribution >= 4 is 28.8 Å². The zero-order chi connectivity index (χ0) is 13.0. The summed E-state index contributed by atoms with van der Waals surface area (Å²) in [6, 6.07) is 0.473. The zero-order valence-corrected chi connectivity index (χ0v) is 11.8. The smallest absolute Gasteiger partial charge is 0.231 e. The molecule has 100 valence electrons. The second kappa shape index (κ2) is 6.50. The second-order valence-electron chi connectivity index (χ2n) is 4.68. The van der Waals surface area contributed by atoms with Gasteiger partial charge in [0, 0.05) is 11.4 Å². The Morgan fingerprint density at radius 2 is 2.28 bits per heavy atom. The zero-order valence-electron chi connectivity index (χ0n) is 10.3. The Bertz CT molecular complexity index is 404. The molecule has 18 heavy (non-hydrogen) atoms. The van der Waals surface area contributed by atoms with E-state index in [2.05, 4.69) is 9.88 Å². The molecule has 1 saturated carbocycles. The van der Waals surface area contributed by atoms with Crippen LogP contribution >= 0.6 is 22.9 Å². The van der Waals surface area contributed by atoms with Crippen LogP contribution in [0.1, 0.15) is 36.4 Å². The highest BCUT2D eigenvalue weighted by molar-refractivity contribution is 7.09. The summed E-state index contributed by atoms with van der Waals surface area (Å²) in [4.78, 5) is 17.8. The standard InChI is InChI=1S/C12H18ClN3OS/c13-5-9-8-18-12(15-9)7-16(6-11(14)17)10-3-1-2-4-10/h8,10H,1-7H2,(H2,14,17). The monoisotopic (exact) mass is 287 g/mol. The fraction of sp³-hybridized carbons (Fsp3) is 0.667. The highest BCUT2D eigenvalue weighted by Gasteiger charge is 2.24. The molecule has 0 saturated heterocycles. The molecule has 1 fully saturated rings. The minimum absolute atomic E-state index is 0.268. The molecule has 1 aliphatic rings. The first kappa shape index (κ1) is 13.8. The number of nitrogens with two attached hydrogens (primary N) is 1. The molecule has 1 heterocycles. The van der Waals surface area contributed by atoms with Crippen LogP contribution in [-0.4, -0.2) is 28.4 Å². The van der Waals surface area contributed by atoms with Gasteiger partial charge in [0.1, 0.15) is 5.01 Å². The molecule has 0 atom stereocenters. The minimum atomic E-state index is -0.268. The van der Waals surface area contributed by atoms with Gasteiger partial charge in [-0.1, -0.05) is 12.8 Å². The molecule has 2 N–H and O–H groups in total. The molecule has 0 aliphatic heterocycles. The number of rotatable bonds is 6. The Hall–Kier alpha value is -0.650. The van der Waals surface area contributed by atoms with E-state index in [-0.39, 0.29) is 5.91 Å². The van der Waals surface area contributed by atoms with Crippen LogP contribution < -0.4 is 5.73 Å². The summed E-state index contributed by atoms with van der Waals surface area (Å²) >= 11 is 7.34. The van der Waals surface area contributed by atoms with Gasteiger partial charge in [-0.3, -0.25) is 9.69 Å². The first-order valence-electron chi connectivity index (χ1n) is 6.20. The Labute approximate surface area is 116 Å². The first-order chi connectivity index (χ1) is 8.69. The van der Waals surface area contributed by atoms with Crippen molar-refractivity contribution < 1.29 is 4.79 Å². The molecule has 1 aromatic rings. The maximum absolute atomic E-state index is 11.2. The highest BCUT2D eigenvalue weighted by atomic mass is 35.5. The summed E-state index contributed by atoms with van der Waals surface area (Å²) < 4.78 is 0. The number of halogens is 1. The van der Waals surface area contributed by atoms with Crippen LogP contribution in [0.5, 0.6) is 0 Å². The van der Waals surface area contributed by atoms with Crippen LogP contribution in [0.3, 0.4) is 0 Å². The van der Waals surface area contributed by atoms with Gasteiger partial charge < -0.3 is 5.73 Å². The predicted molar refractivity (Wildman–Crippen MR) is 73.5 cm³/mol. The van der Waals surface area contributed by atoms with Crippen LogP contribution in [0, 0.1) is 0 Å². The lowest BCUT2D eigenvalue weighted by molar-refractivity contribution is -0.119. The number of amides is 1. The average Bonchev–Trinajstić information content (AvgIpc) is 2.98. The molecule has 0 unspecified atom stereocenters. The largest absolute Gasteiger partial charge is 0.369 e. The summed E-state index contributed by atoms with van der Waals surface area (Å²) in [6.45, 7) is 1.02. The number of carbonyl (C=O) groups is 1. The molecule has 4 nitrogen and oxygen atoms in total. The first-order valence-corrected chi connectivity index (χ1v) is 7.62. The van der Waals surface area contributed by atoms with Crippen LogP contribution in [0.15, 0.2) is 5.38 Å². The van der Waals surface area contributed by atoms with E-state index in [1.165, 1.54) is 12.8 Å². The van der Waals surface area contributed by atoms with Gasteiger partial charge in [-0.05, 0) is 12.8 Å². The van der Waals surface area contributed by atoms with Crippen molar-refractivity contribution in [1.29, 1.82) is 0 Å². The third kappa shape index (κ3) is 3.67. The van der Waals surface area contributed by atoms with E-state index < -0.39 is 0 Å². The van der Waals surface area contributed by atoms with Crippen molar-refractivity contribution in [2.24, 2.45) is 5.73 Å². The van der Waals surface area contributed by atoms with E-state index in [1.807, 2.05) is 5.38 Å². The van der Waals surface area contributed by atoms with Crippen molar-refractivity contribution in [2.45, 2.75) is 44.1 Å². The lowest BCUT2D eigenvalue weighted by Crippen LogP contribution is -2.39. The molecule has 0 bridgehead atoms. The molecule has 0 aromatic carbocycles. The third-order valence-corrected chi connectivity index (χ3v) is 4.43. The Morgan fingerprint density at radius 3 is 2.83 bits per heavy atom. The van der Waals surface area contributed by atoms with Crippen molar-refractivity contribution in [3.63, 3.8) is 0 Å². The highest BCUT2D eigenvalue weighted by Crippen LogP contribution is 2.25. The minimum Gasteiger partial charge on any atom is -0.369 e. The van der Waals surface area contributed by atoms with Crippen LogP contribution in [0.2, 0.25) is 0 Å². The Balaban J connectivity index is 2.01. The number of nitrogens with zero attached hydrogens (tertiary/aromatic N) is 2. The van der Waals surface area contributed by atoms with Gasteiger partial charge in [0.25, 0.3) is 0 Å². The summed E-state index contributed by atoms with van der Waals surface area (Å²) in [5.74, 6) is 0.173. The van der Waals surface area contributed by atoms with E-state index in [0.29, 0.717) is 25.0 Å². The van der Waals surface area contributed by atoms with Gasteiger partial charge >= 0.3 is 0 Å². The van der Waals surface area contributed by atoms with E-state index >= 15 is 0 Å². The normalized spacial score (nSPS) is 16.6. The molecule has 2 rings (SSSR count). The number of hydrogen-bond donors (Lipinski definition) is 1. The van der Waals surface area contributed by atoms with E-state index in [0.717, 1.165) is 23.5 Å². The van der Waals surface area contributed by atoms with Crippen molar-refractivity contribution in [3.05, 3.63) is 16.1 Å². The van der Waals surface area contributed by atoms with E-state index in [4.69, 9.17) is 17.3 Å². The maximum Gasteiger partial charge on any atom is 0.231 e. The summed E-state index contributed by atoms with van der Waals surface area (Å²) in [7, 11) is 0. The van der Waals surface area contributed by atoms with Crippen molar-refractivity contribution in [2.75, 3.05) is 6.54 Å². The molecule has 6 heteroatoms. The van der Waals surface area contributed by atoms with Gasteiger partial charge in [0.05, 0.1) is 24.7 Å². The van der Waals surface area contributed by atoms with Crippen LogP contribution in [-0.2, 0) is 17.2 Å². The van der Waals surface area contributed by atoms with Gasteiger partial charge in [-0.25, -0.2) is 4.98 Å². The van der Waals surface area contributed by atoms with E-state index in [9.17, 15) is 4.79 Å². The number of hydrogen-bond acceptors (Lipinski definition) is 4. The SMILES string of the molecule is NC(=O)CN(Cc1nc(CCl)cs1)C1CCCC1. The topological polar surface area (TPSA) is 59.2 Å². The molecule has 1 aromatic heterocycles. The average molecular weight is 288 g/mol. The molecular formula is C12H18ClN3OS.